The molecule has 0 atom stereocenters. The number of hydrogen-bond donors (Lipinski definition) is 1. The maximum Gasteiger partial charge on any atom is 0.244 e. The van der Waals surface area contributed by atoms with E-state index in [-0.39, 0.29) is 12.5 Å². The molecule has 0 saturated heterocycles. The third-order valence-electron chi connectivity index (χ3n) is 3.73. The first-order chi connectivity index (χ1) is 9.56. The Morgan fingerprint density at radius 2 is 2.30 bits per heavy atom. The first-order valence-corrected chi connectivity index (χ1v) is 6.92. The number of hydrogen-bond acceptors (Lipinski definition) is 3. The lowest BCUT2D eigenvalue weighted by molar-refractivity contribution is -0.133. The van der Waals surface area contributed by atoms with E-state index in [1.165, 1.54) is 0 Å². The van der Waals surface area contributed by atoms with Crippen molar-refractivity contribution in [3.63, 3.8) is 0 Å². The van der Waals surface area contributed by atoms with Gasteiger partial charge in [-0.1, -0.05) is 11.6 Å². The van der Waals surface area contributed by atoms with E-state index in [1.54, 1.807) is 10.9 Å². The van der Waals surface area contributed by atoms with Gasteiger partial charge in [0.2, 0.25) is 5.91 Å². The molecule has 1 aliphatic heterocycles. The molecule has 0 fully saturated rings. The fourth-order valence-corrected chi connectivity index (χ4v) is 2.63. The van der Waals surface area contributed by atoms with Crippen LogP contribution in [0.25, 0.3) is 0 Å². The van der Waals surface area contributed by atoms with Crippen LogP contribution in [0, 0.1) is 13.8 Å². The van der Waals surface area contributed by atoms with E-state index in [4.69, 9.17) is 11.6 Å². The molecule has 6 nitrogen and oxygen atoms in total. The van der Waals surface area contributed by atoms with Crippen LogP contribution in [0.15, 0.2) is 6.20 Å². The number of aromatic amines is 1. The number of aryl methyl sites for hydroxylation is 1. The molecule has 0 aromatic carbocycles. The second-order valence-corrected chi connectivity index (χ2v) is 5.46. The minimum Gasteiger partial charge on any atom is -0.336 e. The average Bonchev–Trinajstić information content (AvgIpc) is 2.99. The molecule has 1 aliphatic rings. The van der Waals surface area contributed by atoms with Gasteiger partial charge in [0.25, 0.3) is 0 Å². The molecule has 0 bridgehead atoms. The number of carbonyl (C=O) groups is 1. The molecule has 0 spiro atoms. The first kappa shape index (κ1) is 13.2. The van der Waals surface area contributed by atoms with Gasteiger partial charge in [0.1, 0.15) is 6.54 Å². The Labute approximate surface area is 121 Å². The van der Waals surface area contributed by atoms with Gasteiger partial charge in [-0.15, -0.1) is 0 Å². The summed E-state index contributed by atoms with van der Waals surface area (Å²) in [5, 5.41) is 11.9. The minimum absolute atomic E-state index is 0.0547. The zero-order chi connectivity index (χ0) is 14.3. The van der Waals surface area contributed by atoms with E-state index in [1.807, 2.05) is 18.7 Å². The zero-order valence-corrected chi connectivity index (χ0v) is 12.2. The van der Waals surface area contributed by atoms with E-state index < -0.39 is 0 Å². The molecule has 0 unspecified atom stereocenters. The summed E-state index contributed by atoms with van der Waals surface area (Å²) in [6.07, 6.45) is 2.61. The fraction of sp³-hybridized carbons (Fsp3) is 0.462. The third-order valence-corrected chi connectivity index (χ3v) is 4.28. The van der Waals surface area contributed by atoms with E-state index in [0.717, 1.165) is 29.1 Å². The van der Waals surface area contributed by atoms with Gasteiger partial charge in [0.15, 0.2) is 0 Å². The molecule has 3 heterocycles. The summed E-state index contributed by atoms with van der Waals surface area (Å²) in [5.41, 5.74) is 3.81. The molecule has 7 heteroatoms. The van der Waals surface area contributed by atoms with Crippen LogP contribution in [0.4, 0.5) is 0 Å². The van der Waals surface area contributed by atoms with E-state index >= 15 is 0 Å². The van der Waals surface area contributed by atoms with Crippen molar-refractivity contribution in [3.05, 3.63) is 33.9 Å². The van der Waals surface area contributed by atoms with Crippen molar-refractivity contribution in [2.75, 3.05) is 6.54 Å². The predicted molar refractivity (Wildman–Crippen MR) is 74.4 cm³/mol. The van der Waals surface area contributed by atoms with Gasteiger partial charge in [-0.3, -0.25) is 14.6 Å². The number of nitrogens with zero attached hydrogens (tertiary/aromatic N) is 4. The van der Waals surface area contributed by atoms with E-state index in [0.29, 0.717) is 18.1 Å². The van der Waals surface area contributed by atoms with Gasteiger partial charge in [0, 0.05) is 30.8 Å². The van der Waals surface area contributed by atoms with Crippen LogP contribution >= 0.6 is 11.6 Å². The van der Waals surface area contributed by atoms with Crippen LogP contribution in [0.3, 0.4) is 0 Å². The molecular formula is C13H16ClN5O. The summed E-state index contributed by atoms with van der Waals surface area (Å²) in [5.74, 6) is 0.0547. The Bertz CT molecular complexity index is 660. The van der Waals surface area contributed by atoms with E-state index in [2.05, 4.69) is 15.3 Å². The summed E-state index contributed by atoms with van der Waals surface area (Å²) < 4.78 is 1.67. The molecule has 3 rings (SSSR count). The van der Waals surface area contributed by atoms with Gasteiger partial charge in [-0.2, -0.15) is 10.2 Å². The number of halogens is 1. The Kier molecular flexibility index (Phi) is 3.25. The molecule has 1 amide bonds. The van der Waals surface area contributed by atoms with Gasteiger partial charge in [-0.05, 0) is 13.8 Å². The van der Waals surface area contributed by atoms with Gasteiger partial charge in [0.05, 0.1) is 22.6 Å². The van der Waals surface area contributed by atoms with Crippen molar-refractivity contribution in [3.8, 4) is 0 Å². The fourth-order valence-electron chi connectivity index (χ4n) is 2.49. The highest BCUT2D eigenvalue weighted by molar-refractivity contribution is 6.31. The molecule has 0 saturated carbocycles. The number of aromatic nitrogens is 4. The van der Waals surface area contributed by atoms with Crippen LogP contribution in [-0.2, 0) is 24.3 Å². The van der Waals surface area contributed by atoms with Crippen molar-refractivity contribution in [1.29, 1.82) is 0 Å². The van der Waals surface area contributed by atoms with E-state index in [9.17, 15) is 4.79 Å². The number of H-pyrrole nitrogens is 1. The van der Waals surface area contributed by atoms with Crippen LogP contribution in [-0.4, -0.2) is 37.3 Å². The Hall–Kier alpha value is -1.82. The summed E-state index contributed by atoms with van der Waals surface area (Å²) >= 11 is 6.10. The van der Waals surface area contributed by atoms with Crippen molar-refractivity contribution >= 4 is 17.5 Å². The van der Waals surface area contributed by atoms with Crippen LogP contribution < -0.4 is 0 Å². The normalized spacial score (nSPS) is 14.4. The van der Waals surface area contributed by atoms with Gasteiger partial charge >= 0.3 is 0 Å². The van der Waals surface area contributed by atoms with Crippen molar-refractivity contribution in [1.82, 2.24) is 24.9 Å². The Morgan fingerprint density at radius 3 is 3.00 bits per heavy atom. The number of fused-ring (bicyclic) bond motifs is 1. The van der Waals surface area contributed by atoms with Crippen LogP contribution in [0.2, 0.25) is 5.02 Å². The van der Waals surface area contributed by atoms with Gasteiger partial charge < -0.3 is 4.90 Å². The highest BCUT2D eigenvalue weighted by atomic mass is 35.5. The Morgan fingerprint density at radius 1 is 1.50 bits per heavy atom. The monoisotopic (exact) mass is 293 g/mol. The predicted octanol–water partition coefficient (Wildman–Crippen LogP) is 1.46. The number of nitrogens with one attached hydrogen (secondary N) is 1. The summed E-state index contributed by atoms with van der Waals surface area (Å²) in [6.45, 7) is 5.26. The van der Waals surface area contributed by atoms with Crippen molar-refractivity contribution < 1.29 is 4.79 Å². The second kappa shape index (κ2) is 4.94. The quantitative estimate of drug-likeness (QED) is 0.911. The van der Waals surface area contributed by atoms with Crippen LogP contribution in [0.1, 0.15) is 22.6 Å². The highest BCUT2D eigenvalue weighted by Crippen LogP contribution is 2.20. The standard InChI is InChI=1S/C13H16ClN5O/c1-8-13(14)9(2)19(17-8)7-12(20)18-4-3-11-10(6-18)5-15-16-11/h5H,3-4,6-7H2,1-2H3,(H,15,16). The molecule has 2 aromatic rings. The lowest BCUT2D eigenvalue weighted by Crippen LogP contribution is -2.38. The summed E-state index contributed by atoms with van der Waals surface area (Å²) in [6, 6.07) is 0. The lowest BCUT2D eigenvalue weighted by atomic mass is 10.1. The molecule has 0 radical (unpaired) electrons. The summed E-state index contributed by atoms with van der Waals surface area (Å²) in [4.78, 5) is 14.2. The first-order valence-electron chi connectivity index (χ1n) is 6.54. The number of rotatable bonds is 2. The van der Waals surface area contributed by atoms with Gasteiger partial charge in [-0.25, -0.2) is 0 Å². The molecular weight excluding hydrogens is 278 g/mol. The van der Waals surface area contributed by atoms with Crippen molar-refractivity contribution in [2.24, 2.45) is 0 Å². The molecule has 1 N–H and O–H groups in total. The third kappa shape index (κ3) is 2.20. The number of carbonyl (C=O) groups excluding carboxylic acids is 1. The SMILES string of the molecule is Cc1nn(CC(=O)N2CCc3[nH]ncc3C2)c(C)c1Cl. The molecule has 106 valence electrons. The van der Waals surface area contributed by atoms with Crippen molar-refractivity contribution in [2.45, 2.75) is 33.4 Å². The summed E-state index contributed by atoms with van der Waals surface area (Å²) in [7, 11) is 0. The topological polar surface area (TPSA) is 66.8 Å². The smallest absolute Gasteiger partial charge is 0.244 e. The van der Waals surface area contributed by atoms with Crippen LogP contribution in [0.5, 0.6) is 0 Å². The molecule has 20 heavy (non-hydrogen) atoms. The average molecular weight is 294 g/mol. The zero-order valence-electron chi connectivity index (χ0n) is 11.5. The Balaban J connectivity index is 1.73. The maximum absolute atomic E-state index is 12.4. The highest BCUT2D eigenvalue weighted by Gasteiger charge is 2.23. The molecule has 2 aromatic heterocycles. The number of amides is 1. The maximum atomic E-state index is 12.4. The second-order valence-electron chi connectivity index (χ2n) is 5.08. The lowest BCUT2D eigenvalue weighted by Gasteiger charge is -2.26. The molecule has 0 aliphatic carbocycles. The minimum atomic E-state index is 0.0547. The largest absolute Gasteiger partial charge is 0.336 e.